The first kappa shape index (κ1) is 17.5. The number of nitrogens with two attached hydrogens (primary N) is 1. The Morgan fingerprint density at radius 2 is 2.17 bits per heavy atom. The van der Waals surface area contributed by atoms with Gasteiger partial charge in [-0.25, -0.2) is 4.98 Å². The van der Waals surface area contributed by atoms with E-state index in [1.54, 1.807) is 6.20 Å². The number of hydrogen-bond donors (Lipinski definition) is 2. The van der Waals surface area contributed by atoms with Gasteiger partial charge >= 0.3 is 5.97 Å². The molecule has 0 aliphatic heterocycles. The summed E-state index contributed by atoms with van der Waals surface area (Å²) in [7, 11) is 0. The molecule has 0 fully saturated rings. The molecule has 0 bridgehead atoms. The Balaban J connectivity index is 2.30. The Labute approximate surface area is 141 Å². The molecule has 0 radical (unpaired) electrons. The summed E-state index contributed by atoms with van der Waals surface area (Å²) in [6, 6.07) is 6.70. The molecule has 2 rings (SSSR count). The van der Waals surface area contributed by atoms with Gasteiger partial charge in [0.25, 0.3) is 0 Å². The highest BCUT2D eigenvalue weighted by Crippen LogP contribution is 2.19. The first-order valence-electron chi connectivity index (χ1n) is 7.78. The van der Waals surface area contributed by atoms with Crippen molar-refractivity contribution in [2.24, 2.45) is 5.73 Å². The summed E-state index contributed by atoms with van der Waals surface area (Å²) in [4.78, 5) is 15.5. The molecule has 1 aromatic carbocycles. The highest BCUT2D eigenvalue weighted by atomic mass is 35.5. The van der Waals surface area contributed by atoms with Crippen molar-refractivity contribution in [1.82, 2.24) is 9.55 Å². The molecule has 0 aliphatic carbocycles. The molecule has 1 aromatic heterocycles. The van der Waals surface area contributed by atoms with Crippen LogP contribution < -0.4 is 5.73 Å². The number of carboxylic acids is 1. The Hall–Kier alpha value is -1.85. The first-order chi connectivity index (χ1) is 11.0. The van der Waals surface area contributed by atoms with Crippen LogP contribution in [-0.4, -0.2) is 26.7 Å². The number of unbranched alkanes of at least 4 members (excludes halogenated alkanes) is 1. The fourth-order valence-electron chi connectivity index (χ4n) is 2.45. The predicted octanol–water partition coefficient (Wildman–Crippen LogP) is 2.88. The Kier molecular flexibility index (Phi) is 6.19. The monoisotopic (exact) mass is 335 g/mol. The zero-order valence-corrected chi connectivity index (χ0v) is 14.0. The van der Waals surface area contributed by atoms with Crippen LogP contribution in [0.3, 0.4) is 0 Å². The maximum atomic E-state index is 11.0. The number of aromatic nitrogens is 2. The van der Waals surface area contributed by atoms with Crippen molar-refractivity contribution >= 4 is 17.6 Å². The first-order valence-corrected chi connectivity index (χ1v) is 8.15. The van der Waals surface area contributed by atoms with Gasteiger partial charge in [-0.3, -0.25) is 4.79 Å². The van der Waals surface area contributed by atoms with Crippen molar-refractivity contribution in [2.45, 2.75) is 45.2 Å². The number of hydrogen-bond acceptors (Lipinski definition) is 3. The number of rotatable bonds is 8. The van der Waals surface area contributed by atoms with Crippen molar-refractivity contribution in [3.63, 3.8) is 0 Å². The molecule has 0 unspecified atom stereocenters. The summed E-state index contributed by atoms with van der Waals surface area (Å²) < 4.78 is 2.04. The van der Waals surface area contributed by atoms with Crippen molar-refractivity contribution in [3.05, 3.63) is 52.6 Å². The van der Waals surface area contributed by atoms with Crippen LogP contribution in [-0.2, 0) is 24.2 Å². The van der Waals surface area contributed by atoms with Gasteiger partial charge in [-0.2, -0.15) is 0 Å². The number of benzene rings is 1. The van der Waals surface area contributed by atoms with E-state index in [4.69, 9.17) is 22.4 Å². The Morgan fingerprint density at radius 3 is 2.83 bits per heavy atom. The molecule has 0 saturated carbocycles. The van der Waals surface area contributed by atoms with Crippen LogP contribution in [0.1, 0.15) is 36.8 Å². The highest BCUT2D eigenvalue weighted by molar-refractivity contribution is 6.31. The molecule has 0 aliphatic rings. The van der Waals surface area contributed by atoms with Gasteiger partial charge in [0.1, 0.15) is 11.9 Å². The third kappa shape index (κ3) is 4.56. The standard InChI is InChI=1S/C17H22ClN3O2/c1-2-3-8-16-20-10-13(9-15(19)17(22)23)21(16)11-12-6-4-5-7-14(12)18/h4-7,10,15H,2-3,8-9,11,19H2,1H3,(H,22,23)/t15-/m0/s1. The molecule has 5 nitrogen and oxygen atoms in total. The molecule has 124 valence electrons. The molecule has 1 atom stereocenters. The van der Waals surface area contributed by atoms with Crippen molar-refractivity contribution < 1.29 is 9.90 Å². The fourth-order valence-corrected chi connectivity index (χ4v) is 2.65. The zero-order valence-electron chi connectivity index (χ0n) is 13.2. The molecule has 23 heavy (non-hydrogen) atoms. The van der Waals surface area contributed by atoms with Gasteiger partial charge in [0.15, 0.2) is 0 Å². The summed E-state index contributed by atoms with van der Waals surface area (Å²) >= 11 is 6.25. The second kappa shape index (κ2) is 8.13. The Morgan fingerprint density at radius 1 is 1.43 bits per heavy atom. The van der Waals surface area contributed by atoms with E-state index in [1.807, 2.05) is 28.8 Å². The van der Waals surface area contributed by atoms with Crippen LogP contribution in [0.2, 0.25) is 5.02 Å². The van der Waals surface area contributed by atoms with E-state index >= 15 is 0 Å². The minimum atomic E-state index is -1.01. The van der Waals surface area contributed by atoms with Gasteiger partial charge in [0.2, 0.25) is 0 Å². The van der Waals surface area contributed by atoms with Gasteiger partial charge in [-0.1, -0.05) is 43.1 Å². The van der Waals surface area contributed by atoms with Crippen LogP contribution in [0.5, 0.6) is 0 Å². The summed E-state index contributed by atoms with van der Waals surface area (Å²) in [5.74, 6) is -0.0649. The lowest BCUT2D eigenvalue weighted by molar-refractivity contribution is -0.138. The normalized spacial score (nSPS) is 12.3. The maximum absolute atomic E-state index is 11.0. The molecule has 3 N–H and O–H groups in total. The molecule has 0 amide bonds. The third-order valence-corrected chi connectivity index (χ3v) is 4.18. The summed E-state index contributed by atoms with van der Waals surface area (Å²) in [5.41, 5.74) is 7.49. The average Bonchev–Trinajstić information content (AvgIpc) is 2.89. The lowest BCUT2D eigenvalue weighted by Gasteiger charge is -2.14. The van der Waals surface area contributed by atoms with E-state index < -0.39 is 12.0 Å². The number of carboxylic acid groups (broad SMARTS) is 1. The van der Waals surface area contributed by atoms with Gasteiger partial charge < -0.3 is 15.4 Å². The van der Waals surface area contributed by atoms with Gasteiger partial charge in [-0.05, 0) is 18.1 Å². The van der Waals surface area contributed by atoms with E-state index in [0.717, 1.165) is 36.3 Å². The zero-order chi connectivity index (χ0) is 16.8. The fraction of sp³-hybridized carbons (Fsp3) is 0.412. The molecule has 0 saturated heterocycles. The van der Waals surface area contributed by atoms with Crippen molar-refractivity contribution in [3.8, 4) is 0 Å². The number of aliphatic carboxylic acids is 1. The average molecular weight is 336 g/mol. The van der Waals surface area contributed by atoms with Gasteiger partial charge in [0, 0.05) is 29.8 Å². The number of carbonyl (C=O) groups is 1. The van der Waals surface area contributed by atoms with Crippen molar-refractivity contribution in [1.29, 1.82) is 0 Å². The molecule has 0 spiro atoms. The van der Waals surface area contributed by atoms with Crippen LogP contribution in [0, 0.1) is 0 Å². The number of halogens is 1. The van der Waals surface area contributed by atoms with Crippen LogP contribution >= 0.6 is 11.6 Å². The van der Waals surface area contributed by atoms with E-state index in [1.165, 1.54) is 0 Å². The quantitative estimate of drug-likeness (QED) is 0.777. The van der Waals surface area contributed by atoms with Gasteiger partial charge in [0.05, 0.1) is 6.54 Å². The molecule has 2 aromatic rings. The van der Waals surface area contributed by atoms with Crippen LogP contribution in [0.15, 0.2) is 30.5 Å². The lowest BCUT2D eigenvalue weighted by Crippen LogP contribution is -2.33. The largest absolute Gasteiger partial charge is 0.480 e. The molecule has 6 heteroatoms. The number of imidazole rings is 1. The van der Waals surface area contributed by atoms with E-state index in [9.17, 15) is 4.79 Å². The Bertz CT molecular complexity index is 670. The van der Waals surface area contributed by atoms with Crippen LogP contribution in [0.4, 0.5) is 0 Å². The van der Waals surface area contributed by atoms with E-state index in [2.05, 4.69) is 11.9 Å². The predicted molar refractivity (Wildman–Crippen MR) is 90.7 cm³/mol. The summed E-state index contributed by atoms with van der Waals surface area (Å²) in [5, 5.41) is 9.73. The smallest absolute Gasteiger partial charge is 0.320 e. The molecular weight excluding hydrogens is 314 g/mol. The molecular formula is C17H22ClN3O2. The topological polar surface area (TPSA) is 81.1 Å². The SMILES string of the molecule is CCCCc1ncc(C[C@H](N)C(=O)O)n1Cc1ccccc1Cl. The lowest BCUT2D eigenvalue weighted by atomic mass is 10.1. The number of aryl methyl sites for hydroxylation is 1. The molecule has 1 heterocycles. The van der Waals surface area contributed by atoms with E-state index in [-0.39, 0.29) is 6.42 Å². The van der Waals surface area contributed by atoms with Crippen LogP contribution in [0.25, 0.3) is 0 Å². The van der Waals surface area contributed by atoms with Crippen molar-refractivity contribution in [2.75, 3.05) is 0 Å². The minimum absolute atomic E-state index is 0.249. The minimum Gasteiger partial charge on any atom is -0.480 e. The summed E-state index contributed by atoms with van der Waals surface area (Å²) in [6.07, 6.45) is 4.93. The maximum Gasteiger partial charge on any atom is 0.320 e. The third-order valence-electron chi connectivity index (χ3n) is 3.81. The highest BCUT2D eigenvalue weighted by Gasteiger charge is 2.18. The van der Waals surface area contributed by atoms with Gasteiger partial charge in [-0.15, -0.1) is 0 Å². The second-order valence-electron chi connectivity index (χ2n) is 5.60. The second-order valence-corrected chi connectivity index (χ2v) is 6.00. The summed E-state index contributed by atoms with van der Waals surface area (Å²) in [6.45, 7) is 2.70. The number of nitrogens with zero attached hydrogens (tertiary/aromatic N) is 2. The van der Waals surface area contributed by atoms with E-state index in [0.29, 0.717) is 11.6 Å².